The van der Waals surface area contributed by atoms with Gasteiger partial charge >= 0.3 is 0 Å². The van der Waals surface area contributed by atoms with Gasteiger partial charge in [0.1, 0.15) is 5.69 Å². The van der Waals surface area contributed by atoms with Crippen LogP contribution in [0.25, 0.3) is 0 Å². The van der Waals surface area contributed by atoms with Crippen molar-refractivity contribution in [3.8, 4) is 0 Å². The van der Waals surface area contributed by atoms with E-state index in [0.29, 0.717) is 12.1 Å². The number of amides is 1. The highest BCUT2D eigenvalue weighted by Crippen LogP contribution is 2.23. The van der Waals surface area contributed by atoms with Gasteiger partial charge in [0.05, 0.1) is 4.92 Å². The van der Waals surface area contributed by atoms with Crippen LogP contribution >= 0.6 is 0 Å². The van der Waals surface area contributed by atoms with Crippen molar-refractivity contribution in [2.24, 2.45) is 0 Å². The van der Waals surface area contributed by atoms with Gasteiger partial charge in [-0.25, -0.2) is 0 Å². The van der Waals surface area contributed by atoms with E-state index in [1.807, 2.05) is 13.8 Å². The molecule has 0 heterocycles. The van der Waals surface area contributed by atoms with Crippen LogP contribution in [0.2, 0.25) is 0 Å². The lowest BCUT2D eigenvalue weighted by Crippen LogP contribution is -2.37. The lowest BCUT2D eigenvalue weighted by atomic mass is 10.1. The number of rotatable bonds is 7. The van der Waals surface area contributed by atoms with Crippen molar-refractivity contribution in [3.05, 3.63) is 33.9 Å². The van der Waals surface area contributed by atoms with Crippen molar-refractivity contribution >= 4 is 17.3 Å². The maximum atomic E-state index is 12.5. The number of nitro groups is 1. The van der Waals surface area contributed by atoms with Crippen molar-refractivity contribution < 1.29 is 9.72 Å². The molecular formula is C15H23N3O3. The van der Waals surface area contributed by atoms with Gasteiger partial charge in [0, 0.05) is 24.2 Å². The van der Waals surface area contributed by atoms with E-state index in [9.17, 15) is 14.9 Å². The average Bonchev–Trinajstić information content (AvgIpc) is 2.42. The number of anilines is 1. The first-order chi connectivity index (χ1) is 9.88. The number of hydrogen-bond acceptors (Lipinski definition) is 4. The number of nitrogens with two attached hydrogens (primary N) is 1. The summed E-state index contributed by atoms with van der Waals surface area (Å²) in [4.78, 5) is 24.6. The number of nitrogen functional groups attached to an aromatic ring is 1. The molecule has 21 heavy (non-hydrogen) atoms. The summed E-state index contributed by atoms with van der Waals surface area (Å²) < 4.78 is 0. The standard InChI is InChI=1S/C15H23N3O3/c1-4-5-6-9-17(11(2)3)15(19)12-7-8-13(16)14(10-12)18(20)21/h7-8,10-11H,4-6,9,16H2,1-3H3. The maximum absolute atomic E-state index is 12.5. The highest BCUT2D eigenvalue weighted by Gasteiger charge is 2.21. The normalized spacial score (nSPS) is 10.7. The summed E-state index contributed by atoms with van der Waals surface area (Å²) in [6.07, 6.45) is 3.06. The number of benzene rings is 1. The molecule has 0 aliphatic rings. The fourth-order valence-electron chi connectivity index (χ4n) is 2.13. The molecule has 0 bridgehead atoms. The Morgan fingerprint density at radius 3 is 2.57 bits per heavy atom. The first-order valence-electron chi connectivity index (χ1n) is 7.23. The van der Waals surface area contributed by atoms with Gasteiger partial charge < -0.3 is 10.6 Å². The Morgan fingerprint density at radius 2 is 2.05 bits per heavy atom. The second-order valence-corrected chi connectivity index (χ2v) is 5.33. The highest BCUT2D eigenvalue weighted by molar-refractivity contribution is 5.95. The van der Waals surface area contributed by atoms with Crippen molar-refractivity contribution in [2.75, 3.05) is 12.3 Å². The summed E-state index contributed by atoms with van der Waals surface area (Å²) in [6.45, 7) is 6.64. The minimum absolute atomic E-state index is 0.0472. The fourth-order valence-corrected chi connectivity index (χ4v) is 2.13. The lowest BCUT2D eigenvalue weighted by molar-refractivity contribution is -0.383. The smallest absolute Gasteiger partial charge is 0.292 e. The largest absolute Gasteiger partial charge is 0.393 e. The number of nitrogens with zero attached hydrogens (tertiary/aromatic N) is 2. The van der Waals surface area contributed by atoms with Crippen LogP contribution in [0.15, 0.2) is 18.2 Å². The molecule has 0 aromatic heterocycles. The fraction of sp³-hybridized carbons (Fsp3) is 0.533. The minimum Gasteiger partial charge on any atom is -0.393 e. The molecule has 0 unspecified atom stereocenters. The molecule has 6 nitrogen and oxygen atoms in total. The Hall–Kier alpha value is -2.11. The SMILES string of the molecule is CCCCCN(C(=O)c1ccc(N)c([N+](=O)[O-])c1)C(C)C. The van der Waals surface area contributed by atoms with Gasteiger partial charge in [0.2, 0.25) is 0 Å². The molecule has 2 N–H and O–H groups in total. The summed E-state index contributed by atoms with van der Waals surface area (Å²) in [6, 6.07) is 4.26. The van der Waals surface area contributed by atoms with Crippen LogP contribution in [0.3, 0.4) is 0 Å². The van der Waals surface area contributed by atoms with Gasteiger partial charge in [-0.1, -0.05) is 19.8 Å². The summed E-state index contributed by atoms with van der Waals surface area (Å²) >= 11 is 0. The van der Waals surface area contributed by atoms with E-state index >= 15 is 0 Å². The molecule has 1 rings (SSSR count). The summed E-state index contributed by atoms with van der Waals surface area (Å²) in [5, 5.41) is 10.9. The van der Waals surface area contributed by atoms with E-state index in [-0.39, 0.29) is 23.3 Å². The first kappa shape index (κ1) is 16.9. The van der Waals surface area contributed by atoms with Crippen LogP contribution in [0.1, 0.15) is 50.4 Å². The van der Waals surface area contributed by atoms with Crippen LogP contribution < -0.4 is 5.73 Å². The van der Waals surface area contributed by atoms with Crippen molar-refractivity contribution in [3.63, 3.8) is 0 Å². The van der Waals surface area contributed by atoms with Crippen LogP contribution in [0.5, 0.6) is 0 Å². The van der Waals surface area contributed by atoms with Gasteiger partial charge in [-0.15, -0.1) is 0 Å². The third-order valence-electron chi connectivity index (χ3n) is 3.36. The molecule has 0 saturated carbocycles. The van der Waals surface area contributed by atoms with E-state index in [0.717, 1.165) is 19.3 Å². The Kier molecular flexibility index (Phi) is 6.14. The zero-order valence-corrected chi connectivity index (χ0v) is 12.8. The Bertz CT molecular complexity index is 515. The molecule has 116 valence electrons. The van der Waals surface area contributed by atoms with E-state index in [2.05, 4.69) is 6.92 Å². The molecule has 0 fully saturated rings. The van der Waals surface area contributed by atoms with Gasteiger partial charge in [0.25, 0.3) is 11.6 Å². The van der Waals surface area contributed by atoms with Gasteiger partial charge in [-0.3, -0.25) is 14.9 Å². The Labute approximate surface area is 125 Å². The molecule has 1 amide bonds. The monoisotopic (exact) mass is 293 g/mol. The molecule has 0 atom stereocenters. The second kappa shape index (κ2) is 7.61. The number of carbonyl (C=O) groups excluding carboxylic acids is 1. The highest BCUT2D eigenvalue weighted by atomic mass is 16.6. The Balaban J connectivity index is 2.98. The molecule has 1 aromatic carbocycles. The Morgan fingerprint density at radius 1 is 1.38 bits per heavy atom. The van der Waals surface area contributed by atoms with Crippen LogP contribution in [0, 0.1) is 10.1 Å². The van der Waals surface area contributed by atoms with Gasteiger partial charge in [0.15, 0.2) is 0 Å². The molecule has 1 aromatic rings. The molecule has 0 aliphatic heterocycles. The summed E-state index contributed by atoms with van der Waals surface area (Å²) in [5.41, 5.74) is 5.71. The number of nitro benzene ring substituents is 1. The maximum Gasteiger partial charge on any atom is 0.292 e. The van der Waals surface area contributed by atoms with Crippen molar-refractivity contribution in [1.29, 1.82) is 0 Å². The molecule has 6 heteroatoms. The van der Waals surface area contributed by atoms with E-state index in [4.69, 9.17) is 5.73 Å². The van der Waals surface area contributed by atoms with E-state index in [1.54, 1.807) is 11.0 Å². The van der Waals surface area contributed by atoms with Gasteiger partial charge in [-0.2, -0.15) is 0 Å². The summed E-state index contributed by atoms with van der Waals surface area (Å²) in [7, 11) is 0. The molecule has 0 aliphatic carbocycles. The zero-order chi connectivity index (χ0) is 16.0. The third kappa shape index (κ3) is 4.44. The van der Waals surface area contributed by atoms with Gasteiger partial charge in [-0.05, 0) is 32.4 Å². The average molecular weight is 293 g/mol. The molecule has 0 saturated heterocycles. The first-order valence-corrected chi connectivity index (χ1v) is 7.23. The molecule has 0 spiro atoms. The van der Waals surface area contributed by atoms with Crippen molar-refractivity contribution in [2.45, 2.75) is 46.1 Å². The number of hydrogen-bond donors (Lipinski definition) is 1. The lowest BCUT2D eigenvalue weighted by Gasteiger charge is -2.27. The molecular weight excluding hydrogens is 270 g/mol. The molecule has 0 radical (unpaired) electrons. The van der Waals surface area contributed by atoms with Crippen molar-refractivity contribution in [1.82, 2.24) is 4.90 Å². The quantitative estimate of drug-likeness (QED) is 0.362. The van der Waals surface area contributed by atoms with Crippen LogP contribution in [0.4, 0.5) is 11.4 Å². The number of unbranched alkanes of at least 4 members (excludes halogenated alkanes) is 2. The third-order valence-corrected chi connectivity index (χ3v) is 3.36. The topological polar surface area (TPSA) is 89.5 Å². The number of carbonyl (C=O) groups is 1. The summed E-state index contributed by atoms with van der Waals surface area (Å²) in [5.74, 6) is -0.191. The second-order valence-electron chi connectivity index (χ2n) is 5.33. The zero-order valence-electron chi connectivity index (χ0n) is 12.8. The predicted octanol–water partition coefficient (Wildman–Crippen LogP) is 3.22. The van der Waals surface area contributed by atoms with E-state index < -0.39 is 4.92 Å². The van der Waals surface area contributed by atoms with Crippen LogP contribution in [-0.4, -0.2) is 28.3 Å². The minimum atomic E-state index is -0.567. The van der Waals surface area contributed by atoms with Crippen LogP contribution in [-0.2, 0) is 0 Å². The predicted molar refractivity (Wildman–Crippen MR) is 83.2 cm³/mol. The van der Waals surface area contributed by atoms with E-state index in [1.165, 1.54) is 12.1 Å².